The number of aliphatic hydroxyl groups is 1. The average molecular weight is 594 g/mol. The van der Waals surface area contributed by atoms with Gasteiger partial charge in [-0.15, -0.1) is 0 Å². The molecule has 0 saturated carbocycles. The number of hydrogen-bond donors (Lipinski definition) is 4. The molecule has 0 bridgehead atoms. The number of rotatable bonds is 7. The molecule has 3 aromatic rings. The van der Waals surface area contributed by atoms with Crippen LogP contribution in [-0.2, 0) is 44.2 Å². The number of carbonyl (C=O) groups excluding carboxylic acids is 3. The predicted octanol–water partition coefficient (Wildman–Crippen LogP) is 2.05. The zero-order chi connectivity index (χ0) is 30.8. The number of pyridine rings is 2. The summed E-state index contributed by atoms with van der Waals surface area (Å²) in [4.78, 5) is 55.2. The molecule has 5 N–H and O–H groups in total. The van der Waals surface area contributed by atoms with Crippen molar-refractivity contribution in [1.29, 1.82) is 0 Å². The first kappa shape index (κ1) is 28.7. The fraction of sp³-hybridized carbons (Fsp3) is 0.433. The number of primary amides is 1. The van der Waals surface area contributed by atoms with Gasteiger partial charge in [0.25, 0.3) is 5.56 Å². The highest BCUT2D eigenvalue weighted by molar-refractivity contribution is 5.94. The molecular formula is C30H32FN5O7. The summed E-state index contributed by atoms with van der Waals surface area (Å²) in [5.74, 6) is -1.51. The fourth-order valence-corrected chi connectivity index (χ4v) is 6.53. The molecule has 4 heterocycles. The third-order valence-electron chi connectivity index (χ3n) is 8.80. The molecule has 1 aromatic carbocycles. The second kappa shape index (κ2) is 10.4. The van der Waals surface area contributed by atoms with Crippen LogP contribution >= 0.6 is 0 Å². The van der Waals surface area contributed by atoms with E-state index in [4.69, 9.17) is 20.2 Å². The number of fused-ring (bicyclic) bond motifs is 5. The summed E-state index contributed by atoms with van der Waals surface area (Å²) in [5.41, 5.74) is 7.08. The number of nitrogens with zero attached hydrogens (tertiary/aromatic N) is 2. The molecule has 6 rings (SSSR count). The van der Waals surface area contributed by atoms with Crippen LogP contribution in [0.5, 0.6) is 0 Å². The van der Waals surface area contributed by atoms with Crippen molar-refractivity contribution in [3.63, 3.8) is 0 Å². The van der Waals surface area contributed by atoms with Gasteiger partial charge in [0.1, 0.15) is 19.2 Å². The molecule has 12 nitrogen and oxygen atoms in total. The quantitative estimate of drug-likeness (QED) is 0.186. The Bertz CT molecular complexity index is 1790. The van der Waals surface area contributed by atoms with Crippen LogP contribution in [0.3, 0.4) is 0 Å². The number of esters is 1. The number of cyclic esters (lactones) is 1. The lowest BCUT2D eigenvalue weighted by Crippen LogP contribution is -2.44. The second-order valence-corrected chi connectivity index (χ2v) is 11.3. The van der Waals surface area contributed by atoms with Gasteiger partial charge >= 0.3 is 12.0 Å². The monoisotopic (exact) mass is 593 g/mol. The van der Waals surface area contributed by atoms with Crippen LogP contribution in [-0.4, -0.2) is 45.4 Å². The van der Waals surface area contributed by atoms with Crippen molar-refractivity contribution < 1.29 is 33.4 Å². The molecule has 13 heteroatoms. The van der Waals surface area contributed by atoms with Gasteiger partial charge in [0.05, 0.1) is 47.6 Å². The van der Waals surface area contributed by atoms with Crippen molar-refractivity contribution in [2.45, 2.75) is 77.4 Å². The summed E-state index contributed by atoms with van der Waals surface area (Å²) >= 11 is 0. The van der Waals surface area contributed by atoms with E-state index in [1.165, 1.54) is 10.6 Å². The Morgan fingerprint density at radius 2 is 2.07 bits per heavy atom. The first-order chi connectivity index (χ1) is 20.4. The minimum atomic E-state index is -1.98. The fourth-order valence-electron chi connectivity index (χ4n) is 6.53. The van der Waals surface area contributed by atoms with Crippen LogP contribution in [0, 0.1) is 12.7 Å². The molecule has 1 aliphatic carbocycles. The van der Waals surface area contributed by atoms with E-state index in [0.717, 1.165) is 16.5 Å². The summed E-state index contributed by atoms with van der Waals surface area (Å²) in [6.45, 7) is 4.80. The third kappa shape index (κ3) is 4.54. The molecule has 3 atom stereocenters. The SMILES string of the molecule is CC[C@@]1(O)C(=O)OCc2c1cc1n(c2=O)Cc2c-1nc1cc(F)c(C)c3c1c2[C@@H](NC(=O)C[C@H](C)OCNC(N)=O)CC3. The average Bonchev–Trinajstić information content (AvgIpc) is 3.32. The lowest BCUT2D eigenvalue weighted by Gasteiger charge is -2.31. The number of benzene rings is 1. The van der Waals surface area contributed by atoms with Crippen LogP contribution in [0.2, 0.25) is 0 Å². The molecule has 0 saturated heterocycles. The van der Waals surface area contributed by atoms with Crippen LogP contribution in [0.4, 0.5) is 9.18 Å². The predicted molar refractivity (Wildman–Crippen MR) is 151 cm³/mol. The third-order valence-corrected chi connectivity index (χ3v) is 8.80. The number of halogens is 1. The van der Waals surface area contributed by atoms with Gasteiger partial charge in [0.15, 0.2) is 5.60 Å². The van der Waals surface area contributed by atoms with Crippen molar-refractivity contribution in [2.75, 3.05) is 6.73 Å². The number of nitrogens with two attached hydrogens (primary N) is 1. The number of carbonyl (C=O) groups is 3. The van der Waals surface area contributed by atoms with E-state index in [2.05, 4.69) is 10.6 Å². The molecule has 2 aliphatic heterocycles. The Labute approximate surface area is 245 Å². The van der Waals surface area contributed by atoms with E-state index in [9.17, 15) is 24.3 Å². The molecule has 0 unspecified atom stereocenters. The zero-order valence-electron chi connectivity index (χ0n) is 24.0. The number of aromatic nitrogens is 2. The van der Waals surface area contributed by atoms with Crippen LogP contribution in [0.15, 0.2) is 16.9 Å². The van der Waals surface area contributed by atoms with Gasteiger partial charge < -0.3 is 35.5 Å². The van der Waals surface area contributed by atoms with Gasteiger partial charge in [-0.3, -0.25) is 9.59 Å². The van der Waals surface area contributed by atoms with Crippen molar-refractivity contribution in [3.05, 3.63) is 61.7 Å². The standard InChI is InChI=1S/C30H32FN5O7/c1-4-30(41)18-8-22-26-16(10-36(22)27(38)17(18)11-42-28(30)39)25-20(34-23(37)7-13(2)43-12-33-29(32)40)6-5-15-14(3)19(31)9-21(35-26)24(15)25/h8-9,13,20,41H,4-7,10-12H2,1-3H3,(H,34,37)(H3,32,33,40)/t13-,20-,30-/m0/s1. The van der Waals surface area contributed by atoms with Gasteiger partial charge in [-0.05, 0) is 55.9 Å². The summed E-state index contributed by atoms with van der Waals surface area (Å²) in [6.07, 6.45) is 0.509. The van der Waals surface area contributed by atoms with Crippen LogP contribution in [0.25, 0.3) is 22.3 Å². The number of ether oxygens (including phenoxy) is 2. The van der Waals surface area contributed by atoms with Gasteiger partial charge in [0, 0.05) is 22.6 Å². The lowest BCUT2D eigenvalue weighted by molar-refractivity contribution is -0.172. The largest absolute Gasteiger partial charge is 0.458 e. The Morgan fingerprint density at radius 1 is 1.30 bits per heavy atom. The van der Waals surface area contributed by atoms with Crippen molar-refractivity contribution in [2.24, 2.45) is 5.73 Å². The topological polar surface area (TPSA) is 175 Å². The molecule has 0 fully saturated rings. The van der Waals surface area contributed by atoms with Gasteiger partial charge in [0.2, 0.25) is 5.91 Å². The molecule has 0 spiro atoms. The van der Waals surface area contributed by atoms with Crippen LogP contribution in [0.1, 0.15) is 72.5 Å². The minimum Gasteiger partial charge on any atom is -0.458 e. The smallest absolute Gasteiger partial charge is 0.343 e. The molecule has 43 heavy (non-hydrogen) atoms. The maximum Gasteiger partial charge on any atom is 0.343 e. The van der Waals surface area contributed by atoms with E-state index in [-0.39, 0.29) is 49.8 Å². The summed E-state index contributed by atoms with van der Waals surface area (Å²) in [5, 5.41) is 17.4. The van der Waals surface area contributed by atoms with Gasteiger partial charge in [-0.2, -0.15) is 0 Å². The second-order valence-electron chi connectivity index (χ2n) is 11.3. The molecule has 0 radical (unpaired) electrons. The lowest BCUT2D eigenvalue weighted by atomic mass is 9.81. The normalized spacial score (nSPS) is 20.6. The maximum absolute atomic E-state index is 15.1. The molecular weight excluding hydrogens is 561 g/mol. The Balaban J connectivity index is 1.45. The Kier molecular flexibility index (Phi) is 6.97. The van der Waals surface area contributed by atoms with Gasteiger partial charge in [-0.25, -0.2) is 19.0 Å². The summed E-state index contributed by atoms with van der Waals surface area (Å²) in [7, 11) is 0. The Morgan fingerprint density at radius 3 is 2.79 bits per heavy atom. The molecule has 3 amide bonds. The van der Waals surface area contributed by atoms with Gasteiger partial charge in [-0.1, -0.05) is 6.92 Å². The maximum atomic E-state index is 15.1. The molecule has 2 aromatic heterocycles. The first-order valence-corrected chi connectivity index (χ1v) is 14.2. The minimum absolute atomic E-state index is 0.00760. The van der Waals surface area contributed by atoms with Crippen molar-refractivity contribution in [1.82, 2.24) is 20.2 Å². The molecule has 3 aliphatic rings. The number of hydrogen-bond acceptors (Lipinski definition) is 8. The summed E-state index contributed by atoms with van der Waals surface area (Å²) in [6, 6.07) is 1.78. The highest BCUT2D eigenvalue weighted by atomic mass is 19.1. The van der Waals surface area contributed by atoms with Crippen LogP contribution < -0.4 is 21.9 Å². The summed E-state index contributed by atoms with van der Waals surface area (Å²) < 4.78 is 27.2. The van der Waals surface area contributed by atoms with Crippen molar-refractivity contribution >= 4 is 28.8 Å². The van der Waals surface area contributed by atoms with E-state index in [1.54, 1.807) is 26.8 Å². The van der Waals surface area contributed by atoms with E-state index in [1.807, 2.05) is 0 Å². The van der Waals surface area contributed by atoms with E-state index < -0.39 is 41.1 Å². The Hall–Kier alpha value is -4.36. The first-order valence-electron chi connectivity index (χ1n) is 14.2. The highest BCUT2D eigenvalue weighted by Gasteiger charge is 2.46. The number of nitrogens with one attached hydrogen (secondary N) is 2. The van der Waals surface area contributed by atoms with Crippen molar-refractivity contribution in [3.8, 4) is 11.4 Å². The number of urea groups is 1. The van der Waals surface area contributed by atoms with E-state index in [0.29, 0.717) is 40.9 Å². The number of aryl methyl sites for hydroxylation is 1. The molecule has 226 valence electrons. The zero-order valence-corrected chi connectivity index (χ0v) is 24.0. The van der Waals surface area contributed by atoms with E-state index >= 15 is 4.39 Å². The highest BCUT2D eigenvalue weighted by Crippen LogP contribution is 2.46. The number of amides is 3.